The summed E-state index contributed by atoms with van der Waals surface area (Å²) in [7, 11) is 0. The number of fused-ring (bicyclic) bond motifs is 1. The maximum Gasteiger partial charge on any atom is 0.416 e. The van der Waals surface area contributed by atoms with Crippen molar-refractivity contribution in [2.24, 2.45) is 0 Å². The maximum absolute atomic E-state index is 12.9. The van der Waals surface area contributed by atoms with Gasteiger partial charge >= 0.3 is 12.4 Å². The van der Waals surface area contributed by atoms with Crippen molar-refractivity contribution in [3.05, 3.63) is 59.3 Å². The van der Waals surface area contributed by atoms with Crippen LogP contribution in [-0.2, 0) is 23.6 Å². The summed E-state index contributed by atoms with van der Waals surface area (Å²) < 4.78 is 93.3. The Balaban J connectivity index is 1.50. The first-order valence-corrected chi connectivity index (χ1v) is 8.94. The van der Waals surface area contributed by atoms with E-state index in [0.717, 1.165) is 0 Å². The molecule has 0 saturated heterocycles. The van der Waals surface area contributed by atoms with Gasteiger partial charge in [-0.1, -0.05) is 5.16 Å². The molecular weight excluding hydrogens is 446 g/mol. The molecule has 32 heavy (non-hydrogen) atoms. The number of amides is 1. The fourth-order valence-electron chi connectivity index (χ4n) is 2.98. The molecule has 0 saturated carbocycles. The number of carbonyl (C=O) groups is 1. The third-order valence-corrected chi connectivity index (χ3v) is 4.43. The second-order valence-electron chi connectivity index (χ2n) is 6.77. The van der Waals surface area contributed by atoms with E-state index < -0.39 is 41.5 Å². The van der Waals surface area contributed by atoms with Crippen LogP contribution in [0.25, 0.3) is 11.3 Å². The average Bonchev–Trinajstić information content (AvgIpc) is 3.34. The monoisotopic (exact) mass is 458 g/mol. The highest BCUT2D eigenvalue weighted by Crippen LogP contribution is 2.38. The van der Waals surface area contributed by atoms with Gasteiger partial charge in [0.1, 0.15) is 0 Å². The van der Waals surface area contributed by atoms with E-state index in [2.05, 4.69) is 5.16 Å². The lowest BCUT2D eigenvalue weighted by Crippen LogP contribution is -2.17. The highest BCUT2D eigenvalue weighted by atomic mass is 19.4. The van der Waals surface area contributed by atoms with E-state index in [9.17, 15) is 31.1 Å². The Hall–Kier alpha value is -3.70. The van der Waals surface area contributed by atoms with Gasteiger partial charge in [-0.2, -0.15) is 26.3 Å². The molecule has 1 aliphatic rings. The van der Waals surface area contributed by atoms with Crippen LogP contribution in [0, 0.1) is 0 Å². The van der Waals surface area contributed by atoms with Crippen molar-refractivity contribution in [1.29, 1.82) is 0 Å². The van der Waals surface area contributed by atoms with E-state index in [4.69, 9.17) is 14.0 Å². The van der Waals surface area contributed by atoms with E-state index >= 15 is 0 Å². The van der Waals surface area contributed by atoms with E-state index in [1.165, 1.54) is 6.07 Å². The average molecular weight is 458 g/mol. The number of alkyl halides is 6. The molecule has 1 aromatic heterocycles. The van der Waals surface area contributed by atoms with E-state index in [1.54, 1.807) is 18.2 Å². The van der Waals surface area contributed by atoms with Crippen LogP contribution in [0.5, 0.6) is 11.5 Å². The molecule has 2 aromatic carbocycles. The topological polar surface area (TPSA) is 73.6 Å². The SMILES string of the molecule is O=C(Cc1cc(-c2ccc3c(c2)OCO3)on1)Nc1cc(C(F)(F)F)cc(C(F)(F)F)c1. The van der Waals surface area contributed by atoms with Crippen molar-refractivity contribution in [3.8, 4) is 22.8 Å². The Bertz CT molecular complexity index is 1140. The zero-order valence-electron chi connectivity index (χ0n) is 15.8. The Kier molecular flexibility index (Phi) is 5.23. The zero-order valence-corrected chi connectivity index (χ0v) is 15.8. The standard InChI is InChI=1S/C20H12F6N2O4/c21-19(22,23)11-4-12(20(24,25)26)6-13(5-11)27-18(29)8-14-7-16(32-28-14)10-1-2-15-17(3-10)31-9-30-15/h1-7H,8-9H2,(H,27,29). The number of nitrogens with zero attached hydrogens (tertiary/aromatic N) is 1. The van der Waals surface area contributed by atoms with Gasteiger partial charge in [-0.15, -0.1) is 0 Å². The van der Waals surface area contributed by atoms with Crippen molar-refractivity contribution >= 4 is 11.6 Å². The lowest BCUT2D eigenvalue weighted by molar-refractivity contribution is -0.143. The van der Waals surface area contributed by atoms with Crippen LogP contribution < -0.4 is 14.8 Å². The molecule has 0 bridgehead atoms. The minimum Gasteiger partial charge on any atom is -0.454 e. The number of rotatable bonds is 4. The molecule has 4 rings (SSSR count). The number of carbonyl (C=O) groups excluding carboxylic acids is 1. The first-order chi connectivity index (χ1) is 15.0. The van der Waals surface area contributed by atoms with Gasteiger partial charge in [0.25, 0.3) is 0 Å². The lowest BCUT2D eigenvalue weighted by atomic mass is 10.1. The molecule has 1 N–H and O–H groups in total. The van der Waals surface area contributed by atoms with E-state index in [0.29, 0.717) is 29.2 Å². The normalized spacial score (nSPS) is 13.3. The number of aromatic nitrogens is 1. The lowest BCUT2D eigenvalue weighted by Gasteiger charge is -2.14. The zero-order chi connectivity index (χ0) is 23.1. The first kappa shape index (κ1) is 21.5. The van der Waals surface area contributed by atoms with Crippen molar-refractivity contribution in [3.63, 3.8) is 0 Å². The number of benzene rings is 2. The quantitative estimate of drug-likeness (QED) is 0.538. The summed E-state index contributed by atoms with van der Waals surface area (Å²) in [5.74, 6) is 0.447. The number of anilines is 1. The Labute approximate surface area is 175 Å². The molecule has 1 aliphatic heterocycles. The molecule has 3 aromatic rings. The van der Waals surface area contributed by atoms with Gasteiger partial charge in [0.2, 0.25) is 12.7 Å². The van der Waals surface area contributed by atoms with Crippen LogP contribution in [0.2, 0.25) is 0 Å². The molecule has 0 aliphatic carbocycles. The van der Waals surface area contributed by atoms with Gasteiger partial charge in [0.05, 0.1) is 23.2 Å². The minimum absolute atomic E-state index is 0.0229. The molecular formula is C20H12F6N2O4. The smallest absolute Gasteiger partial charge is 0.416 e. The minimum atomic E-state index is -5.02. The summed E-state index contributed by atoms with van der Waals surface area (Å²) in [5.41, 5.74) is -3.01. The number of hydrogen-bond acceptors (Lipinski definition) is 5. The third-order valence-electron chi connectivity index (χ3n) is 4.43. The molecule has 6 nitrogen and oxygen atoms in total. The fourth-order valence-corrected chi connectivity index (χ4v) is 2.98. The second kappa shape index (κ2) is 7.77. The second-order valence-corrected chi connectivity index (χ2v) is 6.77. The predicted molar refractivity (Wildman–Crippen MR) is 96.8 cm³/mol. The van der Waals surface area contributed by atoms with E-state index in [1.807, 2.05) is 5.32 Å². The summed E-state index contributed by atoms with van der Waals surface area (Å²) in [6, 6.07) is 7.20. The number of hydrogen-bond donors (Lipinski definition) is 1. The summed E-state index contributed by atoms with van der Waals surface area (Å²) in [4.78, 5) is 12.2. The molecule has 0 spiro atoms. The van der Waals surface area contributed by atoms with Gasteiger partial charge in [-0.3, -0.25) is 4.79 Å². The number of halogens is 6. The maximum atomic E-state index is 12.9. The molecule has 0 atom stereocenters. The van der Waals surface area contributed by atoms with E-state index in [-0.39, 0.29) is 24.3 Å². The Morgan fingerprint density at radius 3 is 2.22 bits per heavy atom. The Morgan fingerprint density at radius 2 is 1.56 bits per heavy atom. The highest BCUT2D eigenvalue weighted by molar-refractivity contribution is 5.92. The fraction of sp³-hybridized carbons (Fsp3) is 0.200. The Morgan fingerprint density at radius 1 is 0.906 bits per heavy atom. The van der Waals surface area contributed by atoms with Gasteiger partial charge in [-0.25, -0.2) is 0 Å². The van der Waals surface area contributed by atoms with Gasteiger partial charge < -0.3 is 19.3 Å². The third kappa shape index (κ3) is 4.63. The van der Waals surface area contributed by atoms with Gasteiger partial charge in [-0.05, 0) is 36.4 Å². The number of ether oxygens (including phenoxy) is 2. The van der Waals surface area contributed by atoms with Crippen LogP contribution in [0.4, 0.5) is 32.0 Å². The summed E-state index contributed by atoms with van der Waals surface area (Å²) in [5, 5.41) is 5.75. The van der Waals surface area contributed by atoms with Crippen molar-refractivity contribution in [1.82, 2.24) is 5.16 Å². The number of nitrogens with one attached hydrogen (secondary N) is 1. The van der Waals surface area contributed by atoms with Gasteiger partial charge in [0.15, 0.2) is 17.3 Å². The molecule has 0 fully saturated rings. The van der Waals surface area contributed by atoms with Crippen LogP contribution in [-0.4, -0.2) is 17.9 Å². The van der Waals surface area contributed by atoms with Crippen LogP contribution in [0.15, 0.2) is 47.0 Å². The van der Waals surface area contributed by atoms with Gasteiger partial charge in [0, 0.05) is 17.3 Å². The van der Waals surface area contributed by atoms with Crippen LogP contribution >= 0.6 is 0 Å². The molecule has 0 unspecified atom stereocenters. The molecule has 12 heteroatoms. The predicted octanol–water partition coefficient (Wildman–Crippen LogP) is 5.29. The van der Waals surface area contributed by atoms with Crippen LogP contribution in [0.1, 0.15) is 16.8 Å². The summed E-state index contributed by atoms with van der Waals surface area (Å²) in [6.07, 6.45) is -10.5. The summed E-state index contributed by atoms with van der Waals surface area (Å²) in [6.45, 7) is 0.0756. The van der Waals surface area contributed by atoms with Crippen molar-refractivity contribution in [2.75, 3.05) is 12.1 Å². The largest absolute Gasteiger partial charge is 0.454 e. The molecule has 168 valence electrons. The molecule has 2 heterocycles. The van der Waals surface area contributed by atoms with Crippen molar-refractivity contribution in [2.45, 2.75) is 18.8 Å². The molecule has 0 radical (unpaired) electrons. The highest BCUT2D eigenvalue weighted by Gasteiger charge is 2.37. The summed E-state index contributed by atoms with van der Waals surface area (Å²) >= 11 is 0. The van der Waals surface area contributed by atoms with Crippen molar-refractivity contribution < 1.29 is 45.1 Å². The first-order valence-electron chi connectivity index (χ1n) is 8.94. The van der Waals surface area contributed by atoms with Crippen LogP contribution in [0.3, 0.4) is 0 Å². The molecule has 1 amide bonds.